The highest BCUT2D eigenvalue weighted by atomic mass is 19.1. The zero-order chi connectivity index (χ0) is 10.8. The fraction of sp³-hybridized carbons (Fsp3) is 0.222. The zero-order valence-corrected chi connectivity index (χ0v) is 7.98. The SMILES string of the molecule is CCc1c(F)cc(-n2cnnn2)cc1F. The Kier molecular flexibility index (Phi) is 2.40. The summed E-state index contributed by atoms with van der Waals surface area (Å²) in [4.78, 5) is 0. The van der Waals surface area contributed by atoms with Crippen LogP contribution in [0.25, 0.3) is 5.69 Å². The van der Waals surface area contributed by atoms with Crippen LogP contribution in [0.4, 0.5) is 8.78 Å². The van der Waals surface area contributed by atoms with Gasteiger partial charge in [-0.15, -0.1) is 5.10 Å². The molecule has 1 aromatic carbocycles. The van der Waals surface area contributed by atoms with Crippen LogP contribution in [0.5, 0.6) is 0 Å². The van der Waals surface area contributed by atoms with Crippen LogP contribution < -0.4 is 0 Å². The van der Waals surface area contributed by atoms with Crippen LogP contribution in [0.1, 0.15) is 12.5 Å². The minimum absolute atomic E-state index is 0.0758. The predicted octanol–water partition coefficient (Wildman–Crippen LogP) is 1.50. The molecule has 0 N–H and O–H groups in total. The van der Waals surface area contributed by atoms with Crippen molar-refractivity contribution >= 4 is 0 Å². The first kappa shape index (κ1) is 9.70. The van der Waals surface area contributed by atoms with Crippen LogP contribution in [-0.4, -0.2) is 20.2 Å². The van der Waals surface area contributed by atoms with Gasteiger partial charge in [-0.3, -0.25) is 0 Å². The number of halogens is 2. The molecule has 0 aliphatic rings. The van der Waals surface area contributed by atoms with Crippen LogP contribution in [0, 0.1) is 11.6 Å². The molecule has 0 atom stereocenters. The molecule has 4 nitrogen and oxygen atoms in total. The molecular weight excluding hydrogens is 202 g/mol. The van der Waals surface area contributed by atoms with Gasteiger partial charge in [-0.1, -0.05) is 6.92 Å². The topological polar surface area (TPSA) is 43.6 Å². The van der Waals surface area contributed by atoms with Gasteiger partial charge in [0.1, 0.15) is 18.0 Å². The van der Waals surface area contributed by atoms with Crippen molar-refractivity contribution in [1.82, 2.24) is 20.2 Å². The molecule has 0 unspecified atom stereocenters. The van der Waals surface area contributed by atoms with E-state index in [1.165, 1.54) is 23.1 Å². The lowest BCUT2D eigenvalue weighted by atomic mass is 10.1. The van der Waals surface area contributed by atoms with E-state index in [-0.39, 0.29) is 11.3 Å². The second kappa shape index (κ2) is 3.72. The number of aromatic nitrogens is 4. The maximum Gasteiger partial charge on any atom is 0.143 e. The van der Waals surface area contributed by atoms with E-state index in [4.69, 9.17) is 0 Å². The van der Waals surface area contributed by atoms with Gasteiger partial charge < -0.3 is 0 Å². The largest absolute Gasteiger partial charge is 0.207 e. The molecule has 2 aromatic rings. The number of rotatable bonds is 2. The number of nitrogens with zero attached hydrogens (tertiary/aromatic N) is 4. The molecule has 0 saturated heterocycles. The number of hydrogen-bond acceptors (Lipinski definition) is 3. The maximum absolute atomic E-state index is 13.4. The Balaban J connectivity index is 2.53. The molecule has 0 fully saturated rings. The van der Waals surface area contributed by atoms with Gasteiger partial charge in [0.25, 0.3) is 0 Å². The van der Waals surface area contributed by atoms with E-state index in [0.717, 1.165) is 0 Å². The molecule has 2 rings (SSSR count). The smallest absolute Gasteiger partial charge is 0.143 e. The molecule has 0 radical (unpaired) electrons. The lowest BCUT2D eigenvalue weighted by molar-refractivity contribution is 0.555. The van der Waals surface area contributed by atoms with Crippen LogP contribution >= 0.6 is 0 Å². The Hall–Kier alpha value is -1.85. The molecule has 1 aromatic heterocycles. The Labute approximate surface area is 84.5 Å². The van der Waals surface area contributed by atoms with E-state index in [1.54, 1.807) is 6.92 Å². The van der Waals surface area contributed by atoms with Crippen molar-refractivity contribution in [3.63, 3.8) is 0 Å². The monoisotopic (exact) mass is 210 g/mol. The van der Waals surface area contributed by atoms with Crippen molar-refractivity contribution in [2.24, 2.45) is 0 Å². The van der Waals surface area contributed by atoms with Gasteiger partial charge in [-0.2, -0.15) is 0 Å². The third-order valence-electron chi connectivity index (χ3n) is 2.09. The van der Waals surface area contributed by atoms with E-state index in [2.05, 4.69) is 15.5 Å². The van der Waals surface area contributed by atoms with E-state index in [1.807, 2.05) is 0 Å². The highest BCUT2D eigenvalue weighted by Crippen LogP contribution is 2.17. The second-order valence-electron chi connectivity index (χ2n) is 3.00. The Morgan fingerprint density at radius 1 is 1.27 bits per heavy atom. The minimum Gasteiger partial charge on any atom is -0.207 e. The summed E-state index contributed by atoms with van der Waals surface area (Å²) in [5.41, 5.74) is 0.346. The number of tetrazole rings is 1. The summed E-state index contributed by atoms with van der Waals surface area (Å²) in [6.07, 6.45) is 1.59. The Bertz CT molecular complexity index is 444. The Morgan fingerprint density at radius 3 is 2.40 bits per heavy atom. The highest BCUT2D eigenvalue weighted by Gasteiger charge is 2.10. The molecule has 78 valence electrons. The van der Waals surface area contributed by atoms with E-state index in [9.17, 15) is 8.78 Å². The fourth-order valence-electron chi connectivity index (χ4n) is 1.34. The van der Waals surface area contributed by atoms with Crippen molar-refractivity contribution < 1.29 is 8.78 Å². The average molecular weight is 210 g/mol. The molecule has 0 amide bonds. The van der Waals surface area contributed by atoms with Gasteiger partial charge in [-0.05, 0) is 16.8 Å². The molecule has 0 spiro atoms. The van der Waals surface area contributed by atoms with E-state index >= 15 is 0 Å². The van der Waals surface area contributed by atoms with Gasteiger partial charge in [-0.25, -0.2) is 13.5 Å². The molecule has 15 heavy (non-hydrogen) atoms. The summed E-state index contributed by atoms with van der Waals surface area (Å²) in [7, 11) is 0. The van der Waals surface area contributed by atoms with E-state index < -0.39 is 11.6 Å². The predicted molar refractivity (Wildman–Crippen MR) is 48.4 cm³/mol. The Morgan fingerprint density at radius 2 is 1.93 bits per heavy atom. The molecule has 0 bridgehead atoms. The van der Waals surface area contributed by atoms with Crippen molar-refractivity contribution in [3.8, 4) is 5.69 Å². The molecule has 0 aliphatic heterocycles. The van der Waals surface area contributed by atoms with Gasteiger partial charge in [0.2, 0.25) is 0 Å². The van der Waals surface area contributed by atoms with Crippen LogP contribution in [0.15, 0.2) is 18.5 Å². The summed E-state index contributed by atoms with van der Waals surface area (Å²) in [6.45, 7) is 1.69. The maximum atomic E-state index is 13.4. The van der Waals surface area contributed by atoms with E-state index in [0.29, 0.717) is 6.42 Å². The molecule has 1 heterocycles. The summed E-state index contributed by atoms with van der Waals surface area (Å²) in [5, 5.41) is 10.3. The first-order valence-corrected chi connectivity index (χ1v) is 4.43. The van der Waals surface area contributed by atoms with Crippen molar-refractivity contribution in [1.29, 1.82) is 0 Å². The summed E-state index contributed by atoms with van der Waals surface area (Å²) in [6, 6.07) is 2.41. The van der Waals surface area contributed by atoms with Crippen molar-refractivity contribution in [2.75, 3.05) is 0 Å². The third-order valence-corrected chi connectivity index (χ3v) is 2.09. The average Bonchev–Trinajstić information content (AvgIpc) is 2.69. The highest BCUT2D eigenvalue weighted by molar-refractivity contribution is 5.35. The normalized spacial score (nSPS) is 10.6. The van der Waals surface area contributed by atoms with Gasteiger partial charge >= 0.3 is 0 Å². The second-order valence-corrected chi connectivity index (χ2v) is 3.00. The first-order valence-electron chi connectivity index (χ1n) is 4.43. The minimum atomic E-state index is -0.581. The molecule has 0 saturated carbocycles. The number of benzene rings is 1. The fourth-order valence-corrected chi connectivity index (χ4v) is 1.34. The van der Waals surface area contributed by atoms with Crippen LogP contribution in [-0.2, 0) is 6.42 Å². The van der Waals surface area contributed by atoms with Gasteiger partial charge in [0, 0.05) is 17.7 Å². The summed E-state index contributed by atoms with van der Waals surface area (Å²) in [5.74, 6) is -1.16. The third kappa shape index (κ3) is 1.70. The standard InChI is InChI=1S/C9H8F2N4/c1-2-7-8(10)3-6(4-9(7)11)15-5-12-13-14-15/h3-5H,2H2,1H3. The molecule has 6 heteroatoms. The van der Waals surface area contributed by atoms with Crippen LogP contribution in [0.2, 0.25) is 0 Å². The molecular formula is C9H8F2N4. The quantitative estimate of drug-likeness (QED) is 0.754. The van der Waals surface area contributed by atoms with Gasteiger partial charge in [0.05, 0.1) is 5.69 Å². The lowest BCUT2D eigenvalue weighted by Gasteiger charge is -2.05. The number of hydrogen-bond donors (Lipinski definition) is 0. The van der Waals surface area contributed by atoms with Crippen molar-refractivity contribution in [3.05, 3.63) is 35.7 Å². The van der Waals surface area contributed by atoms with Gasteiger partial charge in [0.15, 0.2) is 0 Å². The summed E-state index contributed by atoms with van der Waals surface area (Å²) >= 11 is 0. The lowest BCUT2D eigenvalue weighted by Crippen LogP contribution is -2.01. The zero-order valence-electron chi connectivity index (χ0n) is 7.98. The van der Waals surface area contributed by atoms with Crippen molar-refractivity contribution in [2.45, 2.75) is 13.3 Å². The van der Waals surface area contributed by atoms with Crippen LogP contribution in [0.3, 0.4) is 0 Å². The molecule has 0 aliphatic carbocycles. The first-order chi connectivity index (χ1) is 7.22. The summed E-state index contributed by atoms with van der Waals surface area (Å²) < 4.78 is 28.0.